The smallest absolute Gasteiger partial charge is 0.335 e. The zero-order chi connectivity index (χ0) is 74.2. The number of anilines is 3. The Balaban J connectivity index is 0.000000173. The fourth-order valence-corrected chi connectivity index (χ4v) is 11.7. The molecule has 12 rings (SSSR count). The number of amides is 2. The number of ether oxygens (including phenoxy) is 2. The molecule has 0 atom stereocenters. The fourth-order valence-electron chi connectivity index (χ4n) is 11.7. The highest BCUT2D eigenvalue weighted by atomic mass is 16.5. The molecule has 0 saturated carbocycles. The van der Waals surface area contributed by atoms with Gasteiger partial charge in [-0.2, -0.15) is 0 Å². The van der Waals surface area contributed by atoms with Crippen LogP contribution in [0.4, 0.5) is 17.1 Å². The molecule has 0 aliphatic heterocycles. The summed E-state index contributed by atoms with van der Waals surface area (Å²) in [4.78, 5) is 83.7. The molecule has 0 aliphatic rings. The Kier molecular flexibility index (Phi) is 26.5. The average molecular weight is 1390 g/mol. The summed E-state index contributed by atoms with van der Waals surface area (Å²) in [5.74, 6) is -2.60. The van der Waals surface area contributed by atoms with Crippen molar-refractivity contribution in [1.29, 1.82) is 0 Å². The lowest BCUT2D eigenvalue weighted by Crippen LogP contribution is -2.13. The number of aromatic nitrogens is 6. The molecule has 6 aromatic carbocycles. The van der Waals surface area contributed by atoms with Gasteiger partial charge in [0.25, 0.3) is 11.8 Å². The first kappa shape index (κ1) is 75.4. The van der Waals surface area contributed by atoms with Crippen LogP contribution in [-0.4, -0.2) is 87.8 Å². The van der Waals surface area contributed by atoms with E-state index in [-0.39, 0.29) is 42.2 Å². The molecule has 0 spiro atoms. The third-order valence-electron chi connectivity index (χ3n) is 17.0. The molecule has 0 unspecified atom stereocenters. The van der Waals surface area contributed by atoms with Crippen molar-refractivity contribution in [3.05, 3.63) is 305 Å². The summed E-state index contributed by atoms with van der Waals surface area (Å²) in [6, 6.07) is 63.9. The van der Waals surface area contributed by atoms with Crippen molar-refractivity contribution in [3.8, 4) is 50.8 Å². The van der Waals surface area contributed by atoms with Crippen LogP contribution in [-0.2, 0) is 43.1 Å². The van der Waals surface area contributed by atoms with Crippen LogP contribution >= 0.6 is 0 Å². The Morgan fingerprint density at radius 2 is 0.692 bits per heavy atom. The quantitative estimate of drug-likeness (QED) is 0.0395. The van der Waals surface area contributed by atoms with Gasteiger partial charge in [0.05, 0.1) is 55.1 Å². The van der Waals surface area contributed by atoms with Gasteiger partial charge in [-0.15, -0.1) is 0 Å². The van der Waals surface area contributed by atoms with Crippen molar-refractivity contribution in [2.45, 2.75) is 93.9 Å². The van der Waals surface area contributed by atoms with Crippen LogP contribution in [0.2, 0.25) is 0 Å². The second-order valence-corrected chi connectivity index (χ2v) is 24.7. The SMILES string of the molecule is CCOC(=O)CCc1ccc(-c2ccc(C)cc2)n1-c1ccc(C(=O)Nc2ccncc2)cc1C.CCOC(=O)CCc1ccc(-c2ccc(C)cc2)n1-c1ccc(C(=O)O)cc1C.Cc1ccc(-c2ccc(CCC(=O)O)n2-c2ccc(C(=O)Nc3ccncc3)cc2C)cc1.Nc1ccncc1. The topological polar surface area (TPSA) is 265 Å². The Morgan fingerprint density at radius 3 is 0.981 bits per heavy atom. The third kappa shape index (κ3) is 20.5. The zero-order valence-corrected chi connectivity index (χ0v) is 59.6. The maximum absolute atomic E-state index is 12.8. The summed E-state index contributed by atoms with van der Waals surface area (Å²) < 4.78 is 16.6. The summed E-state index contributed by atoms with van der Waals surface area (Å²) in [5, 5.41) is 24.3. The molecular weight excluding hydrogens is 1310 g/mol. The molecule has 0 radical (unpaired) electrons. The van der Waals surface area contributed by atoms with Gasteiger partial charge < -0.3 is 49.8 Å². The number of carbonyl (C=O) groups is 6. The fraction of sp³-hybridized carbons (Fsp3) is 0.188. The summed E-state index contributed by atoms with van der Waals surface area (Å²) in [6.07, 6.45) is 12.0. The highest BCUT2D eigenvalue weighted by Gasteiger charge is 2.21. The number of pyridine rings is 3. The number of carboxylic acids is 2. The van der Waals surface area contributed by atoms with Crippen molar-refractivity contribution in [2.24, 2.45) is 0 Å². The number of carboxylic acid groups (broad SMARTS) is 2. The van der Waals surface area contributed by atoms with E-state index in [9.17, 15) is 39.0 Å². The number of aromatic carboxylic acids is 1. The highest BCUT2D eigenvalue weighted by Crippen LogP contribution is 2.34. The molecule has 530 valence electrons. The predicted octanol–water partition coefficient (Wildman–Crippen LogP) is 16.9. The molecule has 6 N–H and O–H groups in total. The van der Waals surface area contributed by atoms with E-state index in [0.29, 0.717) is 61.4 Å². The summed E-state index contributed by atoms with van der Waals surface area (Å²) in [6.45, 7) is 16.3. The molecule has 104 heavy (non-hydrogen) atoms. The molecule has 19 heteroatoms. The van der Waals surface area contributed by atoms with E-state index in [0.717, 1.165) is 90.3 Å². The Hall–Kier alpha value is -12.8. The number of hydrogen-bond acceptors (Lipinski definition) is 12. The highest BCUT2D eigenvalue weighted by molar-refractivity contribution is 6.05. The summed E-state index contributed by atoms with van der Waals surface area (Å²) in [5.41, 5.74) is 26.9. The van der Waals surface area contributed by atoms with Crippen LogP contribution in [0.1, 0.15) is 115 Å². The van der Waals surface area contributed by atoms with Crippen LogP contribution in [0.3, 0.4) is 0 Å². The third-order valence-corrected chi connectivity index (χ3v) is 17.0. The van der Waals surface area contributed by atoms with Crippen LogP contribution in [0, 0.1) is 41.5 Å². The number of hydrogen-bond donors (Lipinski definition) is 5. The van der Waals surface area contributed by atoms with E-state index >= 15 is 0 Å². The molecule has 6 aromatic heterocycles. The number of aryl methyl sites for hydroxylation is 9. The second kappa shape index (κ2) is 36.5. The number of aliphatic carboxylic acids is 1. The molecule has 0 fully saturated rings. The number of esters is 2. The number of carbonyl (C=O) groups excluding carboxylic acids is 4. The number of nitrogens with one attached hydrogen (secondary N) is 2. The lowest BCUT2D eigenvalue weighted by molar-refractivity contribution is -0.144. The molecule has 2 amide bonds. The average Bonchev–Trinajstić information content (AvgIpc) is 1.60. The monoisotopic (exact) mass is 1390 g/mol. The Bertz CT molecular complexity index is 4910. The molecular formula is C85H85N9O10. The van der Waals surface area contributed by atoms with Crippen molar-refractivity contribution < 1.29 is 48.5 Å². The first-order valence-electron chi connectivity index (χ1n) is 34.2. The largest absolute Gasteiger partial charge is 0.481 e. The van der Waals surface area contributed by atoms with E-state index in [1.807, 2.05) is 102 Å². The molecule has 0 saturated heterocycles. The number of nitrogens with zero attached hydrogens (tertiary/aromatic N) is 6. The Labute approximate surface area is 605 Å². The number of rotatable bonds is 22. The Morgan fingerprint density at radius 1 is 0.385 bits per heavy atom. The zero-order valence-electron chi connectivity index (χ0n) is 59.6. The molecule has 19 nitrogen and oxygen atoms in total. The van der Waals surface area contributed by atoms with Crippen LogP contribution < -0.4 is 16.4 Å². The minimum absolute atomic E-state index is 0.0445. The van der Waals surface area contributed by atoms with E-state index in [1.165, 1.54) is 16.7 Å². The first-order chi connectivity index (χ1) is 50.2. The van der Waals surface area contributed by atoms with Gasteiger partial charge in [-0.25, -0.2) is 4.79 Å². The van der Waals surface area contributed by atoms with Gasteiger partial charge in [0.1, 0.15) is 0 Å². The van der Waals surface area contributed by atoms with Gasteiger partial charge in [-0.3, -0.25) is 38.9 Å². The normalized spacial score (nSPS) is 10.6. The van der Waals surface area contributed by atoms with Crippen molar-refractivity contribution in [1.82, 2.24) is 28.7 Å². The molecule has 0 bridgehead atoms. The number of benzene rings is 6. The lowest BCUT2D eigenvalue weighted by atomic mass is 10.1. The minimum atomic E-state index is -0.951. The lowest BCUT2D eigenvalue weighted by Gasteiger charge is -2.17. The van der Waals surface area contributed by atoms with Gasteiger partial charge in [0, 0.05) is 99.5 Å². The van der Waals surface area contributed by atoms with Gasteiger partial charge in [0.2, 0.25) is 0 Å². The van der Waals surface area contributed by atoms with E-state index in [2.05, 4.69) is 131 Å². The number of nitrogen functional groups attached to an aromatic ring is 1. The standard InChI is InChI=1S/C29H29N3O3.C27H25N3O3.C24H25NO4.C5H6N2/c1-4-35-28(33)14-11-25-10-13-27(22-7-5-20(2)6-8-22)32(25)26-12-9-23(19-21(26)3)29(34)31-24-15-17-30-18-16-24;1-18-3-5-20(6-4-18)25-11-8-23(9-12-26(31)32)30(25)24-10-7-21(17-19(24)2)27(33)29-22-13-15-28-16-14-22;1-4-29-23(26)14-11-20-10-13-22(18-7-5-16(2)6-8-18)25(20)21-12-9-19(24(27)28)15-17(21)3;6-5-1-3-7-4-2-5/h5-10,12-13,15-19H,4,11,14H2,1-3H3,(H,30,31,34);3-8,10-11,13-17H,9,12H2,1-2H3,(H,31,32)(H,28,29,33);5-10,12-13,15H,4,11,14H2,1-3H3,(H,27,28);1-4H,(H2,6,7). The van der Waals surface area contributed by atoms with Crippen molar-refractivity contribution in [3.63, 3.8) is 0 Å². The molecule has 12 aromatic rings. The molecule has 6 heterocycles. The van der Waals surface area contributed by atoms with Crippen molar-refractivity contribution in [2.75, 3.05) is 29.6 Å². The second-order valence-electron chi connectivity index (χ2n) is 24.7. The maximum atomic E-state index is 12.8. The van der Waals surface area contributed by atoms with Crippen LogP contribution in [0.15, 0.2) is 237 Å². The van der Waals surface area contributed by atoms with Gasteiger partial charge in [-0.1, -0.05) is 89.5 Å². The minimum Gasteiger partial charge on any atom is -0.481 e. The summed E-state index contributed by atoms with van der Waals surface area (Å²) in [7, 11) is 0. The first-order valence-corrected chi connectivity index (χ1v) is 34.2. The predicted molar refractivity (Wildman–Crippen MR) is 408 cm³/mol. The number of nitrogens with two attached hydrogens (primary N) is 1. The van der Waals surface area contributed by atoms with E-state index in [1.54, 1.807) is 98.7 Å². The molecule has 0 aliphatic carbocycles. The van der Waals surface area contributed by atoms with Gasteiger partial charge in [0.15, 0.2) is 0 Å². The van der Waals surface area contributed by atoms with Crippen LogP contribution in [0.25, 0.3) is 50.8 Å². The van der Waals surface area contributed by atoms with Crippen molar-refractivity contribution >= 4 is 52.8 Å². The van der Waals surface area contributed by atoms with Gasteiger partial charge >= 0.3 is 23.9 Å². The summed E-state index contributed by atoms with van der Waals surface area (Å²) >= 11 is 0. The van der Waals surface area contributed by atoms with E-state index < -0.39 is 11.9 Å². The maximum Gasteiger partial charge on any atom is 0.335 e. The van der Waals surface area contributed by atoms with Crippen LogP contribution in [0.5, 0.6) is 0 Å². The van der Waals surface area contributed by atoms with E-state index in [4.69, 9.17) is 15.2 Å². The van der Waals surface area contributed by atoms with Gasteiger partial charge in [-0.05, 0) is 235 Å².